The fourth-order valence-electron chi connectivity index (χ4n) is 1.51. The van der Waals surface area contributed by atoms with Crippen molar-refractivity contribution >= 4 is 17.4 Å². The molecule has 0 saturated carbocycles. The number of alkyl halides is 3. The summed E-state index contributed by atoms with van der Waals surface area (Å²) in [6.07, 6.45) is 1.65. The van der Waals surface area contributed by atoms with Crippen LogP contribution in [0.1, 0.15) is 5.69 Å². The molecular formula is C13H11F3N2S. The number of para-hydroxylation sites is 1. The van der Waals surface area contributed by atoms with Crippen molar-refractivity contribution in [2.75, 3.05) is 5.32 Å². The molecule has 100 valence electrons. The third kappa shape index (κ3) is 4.48. The molecule has 0 saturated heterocycles. The van der Waals surface area contributed by atoms with Crippen LogP contribution in [0.2, 0.25) is 0 Å². The molecule has 1 heterocycles. The summed E-state index contributed by atoms with van der Waals surface area (Å²) in [5.74, 6) is 0. The van der Waals surface area contributed by atoms with Gasteiger partial charge in [0.1, 0.15) is 0 Å². The molecule has 1 N–H and O–H groups in total. The molecule has 0 spiro atoms. The summed E-state index contributed by atoms with van der Waals surface area (Å²) in [4.78, 5) is 4.26. The van der Waals surface area contributed by atoms with E-state index in [2.05, 4.69) is 10.3 Å². The predicted molar refractivity (Wildman–Crippen MR) is 69.9 cm³/mol. The lowest BCUT2D eigenvalue weighted by Crippen LogP contribution is -2.04. The Bertz CT molecular complexity index is 529. The molecule has 6 heteroatoms. The smallest absolute Gasteiger partial charge is 0.378 e. The average Bonchev–Trinajstić information content (AvgIpc) is 2.37. The van der Waals surface area contributed by atoms with Gasteiger partial charge in [-0.05, 0) is 36.0 Å². The van der Waals surface area contributed by atoms with Gasteiger partial charge in [-0.15, -0.1) is 0 Å². The molecule has 0 aliphatic heterocycles. The van der Waals surface area contributed by atoms with Gasteiger partial charge in [0, 0.05) is 16.8 Å². The first-order valence-corrected chi connectivity index (χ1v) is 6.35. The molecule has 0 atom stereocenters. The van der Waals surface area contributed by atoms with Gasteiger partial charge in [0.15, 0.2) is 0 Å². The fourth-order valence-corrected chi connectivity index (χ4v) is 2.16. The molecule has 1 aromatic carbocycles. The van der Waals surface area contributed by atoms with Crippen molar-refractivity contribution in [3.8, 4) is 0 Å². The Morgan fingerprint density at radius 3 is 2.47 bits per heavy atom. The summed E-state index contributed by atoms with van der Waals surface area (Å²) in [5, 5.41) is 2.97. The summed E-state index contributed by atoms with van der Waals surface area (Å²) in [6, 6.07) is 11.8. The maximum absolute atomic E-state index is 12.4. The topological polar surface area (TPSA) is 24.9 Å². The van der Waals surface area contributed by atoms with E-state index in [0.29, 0.717) is 12.2 Å². The molecule has 0 fully saturated rings. The third-order valence-electron chi connectivity index (χ3n) is 2.30. The zero-order chi connectivity index (χ0) is 13.7. The molecule has 19 heavy (non-hydrogen) atoms. The number of benzene rings is 1. The van der Waals surface area contributed by atoms with E-state index in [1.165, 1.54) is 6.07 Å². The lowest BCUT2D eigenvalue weighted by molar-refractivity contribution is -0.0327. The number of pyridine rings is 1. The summed E-state index contributed by atoms with van der Waals surface area (Å²) in [5.41, 5.74) is -3.06. The van der Waals surface area contributed by atoms with Gasteiger partial charge in [0.05, 0.1) is 12.2 Å². The van der Waals surface area contributed by atoms with E-state index in [1.54, 1.807) is 30.5 Å². The van der Waals surface area contributed by atoms with Gasteiger partial charge >= 0.3 is 5.51 Å². The normalized spacial score (nSPS) is 11.3. The fraction of sp³-hybridized carbons (Fsp3) is 0.154. The molecule has 0 amide bonds. The summed E-state index contributed by atoms with van der Waals surface area (Å²) in [6.45, 7) is 0.385. The lowest BCUT2D eigenvalue weighted by atomic mass is 10.3. The third-order valence-corrected chi connectivity index (χ3v) is 3.11. The zero-order valence-corrected chi connectivity index (χ0v) is 10.6. The number of rotatable bonds is 4. The largest absolute Gasteiger partial charge is 0.446 e. The first kappa shape index (κ1) is 13.7. The molecular weight excluding hydrogens is 273 g/mol. The highest BCUT2D eigenvalue weighted by molar-refractivity contribution is 8.00. The van der Waals surface area contributed by atoms with Crippen LogP contribution >= 0.6 is 11.8 Å². The highest BCUT2D eigenvalue weighted by Gasteiger charge is 2.30. The number of halogens is 3. The van der Waals surface area contributed by atoms with Crippen molar-refractivity contribution in [2.24, 2.45) is 0 Å². The number of thioether (sulfide) groups is 1. The molecule has 0 radical (unpaired) electrons. The van der Waals surface area contributed by atoms with Crippen LogP contribution in [0, 0.1) is 0 Å². The molecule has 0 aliphatic carbocycles. The Morgan fingerprint density at radius 1 is 1.05 bits per heavy atom. The molecule has 2 nitrogen and oxygen atoms in total. The van der Waals surface area contributed by atoms with Crippen LogP contribution in [0.4, 0.5) is 18.9 Å². The van der Waals surface area contributed by atoms with Crippen LogP contribution in [0.25, 0.3) is 0 Å². The van der Waals surface area contributed by atoms with Gasteiger partial charge in [-0.2, -0.15) is 13.2 Å². The maximum Gasteiger partial charge on any atom is 0.446 e. The average molecular weight is 284 g/mol. The number of nitrogens with zero attached hydrogens (tertiary/aromatic N) is 1. The van der Waals surface area contributed by atoms with Crippen LogP contribution in [-0.2, 0) is 6.54 Å². The minimum absolute atomic E-state index is 0.120. The van der Waals surface area contributed by atoms with Gasteiger partial charge in [0.2, 0.25) is 0 Å². The predicted octanol–water partition coefficient (Wildman–Crippen LogP) is 4.31. The van der Waals surface area contributed by atoms with Crippen LogP contribution in [0.5, 0.6) is 0 Å². The van der Waals surface area contributed by atoms with Gasteiger partial charge in [-0.25, -0.2) is 0 Å². The van der Waals surface area contributed by atoms with E-state index in [9.17, 15) is 13.2 Å². The monoisotopic (exact) mass is 284 g/mol. The van der Waals surface area contributed by atoms with Crippen LogP contribution in [-0.4, -0.2) is 10.5 Å². The number of nitrogens with one attached hydrogen (secondary N) is 1. The SMILES string of the molecule is FC(F)(F)Sc1ccccc1NCc1ccccn1. The molecule has 0 bridgehead atoms. The lowest BCUT2D eigenvalue weighted by Gasteiger charge is -2.12. The van der Waals surface area contributed by atoms with Crippen LogP contribution in [0.3, 0.4) is 0 Å². The molecule has 0 aliphatic rings. The van der Waals surface area contributed by atoms with Crippen molar-refractivity contribution in [1.29, 1.82) is 0 Å². The highest BCUT2D eigenvalue weighted by Crippen LogP contribution is 2.40. The van der Waals surface area contributed by atoms with E-state index in [4.69, 9.17) is 0 Å². The van der Waals surface area contributed by atoms with Gasteiger partial charge < -0.3 is 5.32 Å². The molecule has 2 aromatic rings. The zero-order valence-electron chi connectivity index (χ0n) is 9.82. The number of aromatic nitrogens is 1. The standard InChI is InChI=1S/C13H11F3N2S/c14-13(15,16)19-12-7-2-1-6-11(12)18-9-10-5-3-4-8-17-10/h1-8,18H,9H2. The number of hydrogen-bond donors (Lipinski definition) is 1. The Kier molecular flexibility index (Phi) is 4.31. The van der Waals surface area contributed by atoms with Crippen LogP contribution < -0.4 is 5.32 Å². The van der Waals surface area contributed by atoms with E-state index in [1.807, 2.05) is 12.1 Å². The second-order valence-electron chi connectivity index (χ2n) is 3.72. The van der Waals surface area contributed by atoms with E-state index >= 15 is 0 Å². The Labute approximate surface area is 113 Å². The van der Waals surface area contributed by atoms with E-state index in [0.717, 1.165) is 5.69 Å². The highest BCUT2D eigenvalue weighted by atomic mass is 32.2. The second-order valence-corrected chi connectivity index (χ2v) is 4.83. The minimum Gasteiger partial charge on any atom is -0.378 e. The van der Waals surface area contributed by atoms with Crippen molar-refractivity contribution in [3.63, 3.8) is 0 Å². The van der Waals surface area contributed by atoms with Crippen molar-refractivity contribution in [1.82, 2.24) is 4.98 Å². The maximum atomic E-state index is 12.4. The Hall–Kier alpha value is -1.69. The van der Waals surface area contributed by atoms with Crippen molar-refractivity contribution in [3.05, 3.63) is 54.4 Å². The summed E-state index contributed by atoms with van der Waals surface area (Å²) < 4.78 is 37.2. The minimum atomic E-state index is -4.29. The molecule has 1 aromatic heterocycles. The first-order chi connectivity index (χ1) is 9.04. The van der Waals surface area contributed by atoms with Gasteiger partial charge in [-0.3, -0.25) is 4.98 Å². The van der Waals surface area contributed by atoms with Gasteiger partial charge in [0.25, 0.3) is 0 Å². The number of anilines is 1. The van der Waals surface area contributed by atoms with Crippen molar-refractivity contribution < 1.29 is 13.2 Å². The Balaban J connectivity index is 2.08. The molecule has 2 rings (SSSR count). The van der Waals surface area contributed by atoms with Crippen LogP contribution in [0.15, 0.2) is 53.6 Å². The van der Waals surface area contributed by atoms with Crippen molar-refractivity contribution in [2.45, 2.75) is 16.9 Å². The Morgan fingerprint density at radius 2 is 1.79 bits per heavy atom. The van der Waals surface area contributed by atoms with E-state index in [-0.39, 0.29) is 16.7 Å². The molecule has 0 unspecified atom stereocenters. The second kappa shape index (κ2) is 5.97. The summed E-state index contributed by atoms with van der Waals surface area (Å²) >= 11 is -0.120. The number of hydrogen-bond acceptors (Lipinski definition) is 3. The quantitative estimate of drug-likeness (QED) is 0.847. The van der Waals surface area contributed by atoms with Gasteiger partial charge in [-0.1, -0.05) is 18.2 Å². The van der Waals surface area contributed by atoms with E-state index < -0.39 is 5.51 Å². The summed E-state index contributed by atoms with van der Waals surface area (Å²) in [7, 11) is 0. The first-order valence-electron chi connectivity index (χ1n) is 5.53.